The van der Waals surface area contributed by atoms with Crippen LogP contribution in [0.3, 0.4) is 0 Å². The third-order valence-corrected chi connectivity index (χ3v) is 38.3. The van der Waals surface area contributed by atoms with Gasteiger partial charge in [-0.05, 0) is 312 Å². The average Bonchev–Trinajstić information content (AvgIpc) is 0.767. The summed E-state index contributed by atoms with van der Waals surface area (Å²) in [7, 11) is -18.7. The highest BCUT2D eigenvalue weighted by molar-refractivity contribution is 7.92. The molecule has 0 aromatic heterocycles. The molecule has 4 N–H and O–H groups in total. The summed E-state index contributed by atoms with van der Waals surface area (Å²) in [6.07, 6.45) is 22.5. The van der Waals surface area contributed by atoms with Gasteiger partial charge in [0.15, 0.2) is 9.84 Å². The van der Waals surface area contributed by atoms with Gasteiger partial charge in [-0.1, -0.05) is 20.8 Å². The lowest BCUT2D eigenvalue weighted by atomic mass is 9.56. The van der Waals surface area contributed by atoms with Crippen LogP contribution in [0, 0.1) is 64.6 Å². The summed E-state index contributed by atoms with van der Waals surface area (Å²) in [5.74, 6) is -1.11. The van der Waals surface area contributed by atoms with Crippen molar-refractivity contribution in [2.24, 2.45) is 64.6 Å². The first-order valence-electron chi connectivity index (χ1n) is 43.2. The van der Waals surface area contributed by atoms with Crippen LogP contribution in [0.25, 0.3) is 0 Å². The minimum absolute atomic E-state index is 0.00716. The van der Waals surface area contributed by atoms with Crippen molar-refractivity contribution in [1.82, 2.24) is 0 Å². The Bertz CT molecular complexity index is 3600. The van der Waals surface area contributed by atoms with Crippen LogP contribution in [0.1, 0.15) is 303 Å². The van der Waals surface area contributed by atoms with Crippen LogP contribution in [-0.2, 0) is 97.9 Å². The Morgan fingerprint density at radius 3 is 0.982 bits per heavy atom. The number of carbonyl (C=O) groups is 3. The van der Waals surface area contributed by atoms with Gasteiger partial charge >= 0.3 is 0 Å². The van der Waals surface area contributed by atoms with Crippen molar-refractivity contribution in [1.29, 1.82) is 0 Å². The van der Waals surface area contributed by atoms with Crippen LogP contribution < -0.4 is 0 Å². The Hall–Kier alpha value is -1.68. The molecule has 12 atom stereocenters. The predicted molar refractivity (Wildman–Crippen MR) is 414 cm³/mol. The first kappa shape index (κ1) is 87.6. The smallest absolute Gasteiger partial charge is 0.267 e. The SMILES string of the molecule is COC1CCC(C(C)(C)C2CCC(OC3CCC(S(=O)(=O)C4CCC(C)CC4C(=O)C4CCC(OC5CCC(S(=O)(=O)O)CC5)CC4)CC3OCC3CCC(OC4CCC(S(=O)(=O)O)CC4)CC3)C(C(=O)C3CCC(OC4CCC(S(=O)(=O)O)CC4)CC3)C2)CC1C(=O)C1CCC(OC2CCC(S(=O)(=O)O)CC2)CC1. The number of methoxy groups -OCH3 is 1. The number of Topliss-reactive ketones (excluding diaryl/α,β-unsaturated/α-hetero) is 3. The molecule has 0 spiro atoms. The first-order valence-corrected chi connectivity index (χ1v) is 50.8. The van der Waals surface area contributed by atoms with Crippen molar-refractivity contribution < 1.29 is 108 Å². The highest BCUT2D eigenvalue weighted by atomic mass is 32.2. The number of ketones is 3. The van der Waals surface area contributed by atoms with Crippen LogP contribution in [0.15, 0.2) is 0 Å². The third-order valence-electron chi connectivity index (χ3n) is 30.3. The minimum Gasteiger partial charge on any atom is -0.381 e. The predicted octanol–water partition coefficient (Wildman–Crippen LogP) is 13.6. The number of hydrogen-bond donors (Lipinski definition) is 4. The van der Waals surface area contributed by atoms with Crippen LogP contribution in [-0.4, -0.2) is 196 Å². The molecule has 12 saturated carbocycles. The highest BCUT2D eigenvalue weighted by Gasteiger charge is 2.54. The molecule has 0 heterocycles. The second-order valence-corrected chi connectivity index (χ2v) is 46.7. The Morgan fingerprint density at radius 1 is 0.318 bits per heavy atom. The average molecular weight is 1650 g/mol. The molecule has 12 aliphatic carbocycles. The molecular weight excluding hydrogens is 1520 g/mol. The molecule has 29 heteroatoms. The lowest BCUT2D eigenvalue weighted by Gasteiger charge is -2.50. The Morgan fingerprint density at radius 2 is 0.627 bits per heavy atom. The maximum absolute atomic E-state index is 15.9. The zero-order valence-electron chi connectivity index (χ0n) is 66.0. The second kappa shape index (κ2) is 37.7. The molecule has 12 rings (SSSR count). The molecule has 12 fully saturated rings. The molecule has 12 aliphatic rings. The molecule has 12 unspecified atom stereocenters. The van der Waals surface area contributed by atoms with E-state index >= 15 is 18.0 Å². The van der Waals surface area contributed by atoms with Gasteiger partial charge in [0.25, 0.3) is 40.5 Å². The van der Waals surface area contributed by atoms with Gasteiger partial charge in [-0.15, -0.1) is 0 Å². The molecule has 0 amide bonds. The quantitative estimate of drug-likeness (QED) is 0.0529. The summed E-state index contributed by atoms with van der Waals surface area (Å²) in [6, 6.07) is 0. The molecule has 0 aromatic carbocycles. The van der Waals surface area contributed by atoms with Gasteiger partial charge < -0.3 is 33.2 Å². The van der Waals surface area contributed by atoms with Gasteiger partial charge in [0, 0.05) is 49.2 Å². The van der Waals surface area contributed by atoms with Crippen LogP contribution in [0.2, 0.25) is 0 Å². The summed E-state index contributed by atoms with van der Waals surface area (Å²) in [5, 5.41) is -4.71. The number of carbonyl (C=O) groups excluding carboxylic acids is 3. The van der Waals surface area contributed by atoms with Crippen LogP contribution >= 0.6 is 0 Å². The Labute approximate surface area is 657 Å². The van der Waals surface area contributed by atoms with Crippen LogP contribution in [0.5, 0.6) is 0 Å². The van der Waals surface area contributed by atoms with Crippen molar-refractivity contribution in [2.45, 2.75) is 408 Å². The normalized spacial score (nSPS) is 41.5. The molecule has 0 aromatic rings. The summed E-state index contributed by atoms with van der Waals surface area (Å²) in [4.78, 5) is 45.9. The van der Waals surface area contributed by atoms with Crippen molar-refractivity contribution in [3.05, 3.63) is 0 Å². The molecular formula is C81H134O24S5. The molecule has 632 valence electrons. The number of rotatable bonds is 28. The largest absolute Gasteiger partial charge is 0.381 e. The molecule has 0 radical (unpaired) electrons. The van der Waals surface area contributed by atoms with E-state index in [4.69, 9.17) is 33.2 Å². The Balaban J connectivity index is 0.737. The molecule has 0 aliphatic heterocycles. The monoisotopic (exact) mass is 1650 g/mol. The zero-order valence-corrected chi connectivity index (χ0v) is 70.1. The van der Waals surface area contributed by atoms with Crippen molar-refractivity contribution in [3.8, 4) is 0 Å². The first-order chi connectivity index (χ1) is 52.1. The van der Waals surface area contributed by atoms with E-state index < -0.39 is 112 Å². The molecule has 0 bridgehead atoms. The number of sulfone groups is 1. The van der Waals surface area contributed by atoms with E-state index in [1.54, 1.807) is 7.11 Å². The van der Waals surface area contributed by atoms with Gasteiger partial charge in [-0.3, -0.25) is 32.6 Å². The van der Waals surface area contributed by atoms with Gasteiger partial charge in [0.05, 0.1) is 105 Å². The summed E-state index contributed by atoms with van der Waals surface area (Å²) < 4.78 is 212. The van der Waals surface area contributed by atoms with Gasteiger partial charge in [0.2, 0.25) is 0 Å². The van der Waals surface area contributed by atoms with E-state index in [1.165, 1.54) is 0 Å². The third kappa shape index (κ3) is 22.4. The number of hydrogen-bond acceptors (Lipinski definition) is 20. The molecule has 24 nitrogen and oxygen atoms in total. The zero-order chi connectivity index (χ0) is 78.7. The van der Waals surface area contributed by atoms with Gasteiger partial charge in [-0.25, -0.2) is 8.42 Å². The minimum atomic E-state index is -4.14. The van der Waals surface area contributed by atoms with Crippen LogP contribution in [0.4, 0.5) is 0 Å². The Kier molecular flexibility index (Phi) is 30.1. The summed E-state index contributed by atoms with van der Waals surface area (Å²) >= 11 is 0. The molecule has 0 saturated heterocycles. The maximum Gasteiger partial charge on any atom is 0.267 e. The van der Waals surface area contributed by atoms with E-state index in [0.717, 1.165) is 57.8 Å². The fraction of sp³-hybridized carbons (Fsp3) is 0.963. The maximum atomic E-state index is 15.9. The van der Waals surface area contributed by atoms with Crippen molar-refractivity contribution in [2.75, 3.05) is 13.7 Å². The van der Waals surface area contributed by atoms with E-state index in [2.05, 4.69) is 20.8 Å². The lowest BCUT2D eigenvalue weighted by molar-refractivity contribution is -0.164. The highest BCUT2D eigenvalue weighted by Crippen LogP contribution is 2.54. The van der Waals surface area contributed by atoms with E-state index in [-0.39, 0.29) is 131 Å². The second-order valence-electron chi connectivity index (χ2n) is 37.5. The topological polar surface area (TPSA) is 367 Å². The van der Waals surface area contributed by atoms with Gasteiger partial charge in [-0.2, -0.15) is 33.7 Å². The standard InChI is InChI=1S/C81H134O24S5/c1-50-5-44-77(72(45-50)80(84)54-12-22-60(23-13-54)104-64-30-38-68(39-31-64)110(96,97)98)106(85,86)69-40-43-75(76(48-69)100-49-51-6-16-57(17-7-51)101-61-24-32-65(33-25-61)107(87,88)89)105-74-42-15-56(47-71(74)79(83)53-10-20-59(21-11-53)103-63-28-36-67(37-29-63)109(93,94)95)81(2,3)55-14-41-73(99-4)70(46-55)78(82)52-8-18-58(19-9-52)102-62-26-34-66(35-27-62)108(90,91)92/h50-77H,5-49H2,1-4H3,(H,87,88,89)(H,90,91,92)(H,93,94,95)(H,96,97,98). The van der Waals surface area contributed by atoms with E-state index in [0.29, 0.717) is 225 Å². The fourth-order valence-corrected chi connectivity index (χ4v) is 29.3. The number of ether oxygens (including phenoxy) is 7. The van der Waals surface area contributed by atoms with E-state index in [9.17, 15) is 56.7 Å². The fourth-order valence-electron chi connectivity index (χ4n) is 23.2. The van der Waals surface area contributed by atoms with Gasteiger partial charge in [0.1, 0.15) is 17.3 Å². The molecule has 110 heavy (non-hydrogen) atoms. The lowest BCUT2D eigenvalue weighted by Crippen LogP contribution is -2.52. The van der Waals surface area contributed by atoms with E-state index in [1.807, 2.05) is 0 Å². The van der Waals surface area contributed by atoms with Crippen molar-refractivity contribution in [3.63, 3.8) is 0 Å². The van der Waals surface area contributed by atoms with Crippen molar-refractivity contribution >= 4 is 67.7 Å². The summed E-state index contributed by atoms with van der Waals surface area (Å²) in [5.41, 5.74) is -0.299. The summed E-state index contributed by atoms with van der Waals surface area (Å²) in [6.45, 7) is 7.14.